The Balaban J connectivity index is 1.29. The van der Waals surface area contributed by atoms with E-state index >= 15 is 0 Å². The molecule has 0 radical (unpaired) electrons. The lowest BCUT2D eigenvalue weighted by Crippen LogP contribution is -2.51. The summed E-state index contributed by atoms with van der Waals surface area (Å²) in [6.45, 7) is 8.72. The number of anilines is 1. The fourth-order valence-corrected chi connectivity index (χ4v) is 4.74. The van der Waals surface area contributed by atoms with Gasteiger partial charge in [0.15, 0.2) is 5.96 Å². The molecule has 0 aromatic heterocycles. The molecule has 6 heteroatoms. The number of piperidine rings is 1. The molecule has 0 amide bonds. The van der Waals surface area contributed by atoms with Gasteiger partial charge < -0.3 is 20.3 Å². The molecule has 32 heavy (non-hydrogen) atoms. The Morgan fingerprint density at radius 3 is 2.53 bits per heavy atom. The maximum absolute atomic E-state index is 5.52. The molecule has 2 aliphatic heterocycles. The van der Waals surface area contributed by atoms with E-state index < -0.39 is 0 Å². The summed E-state index contributed by atoms with van der Waals surface area (Å²) in [4.78, 5) is 9.50. The Morgan fingerprint density at radius 1 is 1.03 bits per heavy atom. The predicted octanol–water partition coefficient (Wildman–Crippen LogP) is 3.24. The number of ether oxygens (including phenoxy) is 1. The number of nitrogens with one attached hydrogen (secondary N) is 2. The van der Waals surface area contributed by atoms with Crippen molar-refractivity contribution in [3.63, 3.8) is 0 Å². The average molecular weight is 436 g/mol. The van der Waals surface area contributed by atoms with Crippen LogP contribution in [0.2, 0.25) is 0 Å². The van der Waals surface area contributed by atoms with Crippen LogP contribution in [0, 0.1) is 0 Å². The maximum Gasteiger partial charge on any atom is 0.191 e. The van der Waals surface area contributed by atoms with E-state index in [1.54, 1.807) is 0 Å². The highest BCUT2D eigenvalue weighted by molar-refractivity contribution is 5.80. The quantitative estimate of drug-likeness (QED) is 0.539. The van der Waals surface area contributed by atoms with E-state index in [1.165, 1.54) is 16.8 Å². The molecule has 172 valence electrons. The molecule has 0 spiro atoms. The standard InChI is InChI=1S/C26H37N5O/c1-21-18-24(12-13-31(21)20-22-8-4-3-5-9-22)29-26(27-2)28-19-23-10-6-7-11-25(23)30-14-16-32-17-15-30/h3-11,21,24H,12-20H2,1-2H3,(H2,27,28,29). The minimum Gasteiger partial charge on any atom is -0.378 e. The number of morpholine rings is 1. The van der Waals surface area contributed by atoms with E-state index in [-0.39, 0.29) is 0 Å². The highest BCUT2D eigenvalue weighted by Gasteiger charge is 2.26. The molecule has 2 saturated heterocycles. The monoisotopic (exact) mass is 435 g/mol. The minimum atomic E-state index is 0.442. The molecule has 6 nitrogen and oxygen atoms in total. The molecule has 2 unspecified atom stereocenters. The van der Waals surface area contributed by atoms with E-state index in [2.05, 4.69) is 86.9 Å². The fraction of sp³-hybridized carbons (Fsp3) is 0.500. The van der Waals surface area contributed by atoms with Crippen molar-refractivity contribution in [3.8, 4) is 0 Å². The van der Waals surface area contributed by atoms with Gasteiger partial charge >= 0.3 is 0 Å². The van der Waals surface area contributed by atoms with Gasteiger partial charge in [0, 0.05) is 57.5 Å². The molecule has 2 atom stereocenters. The lowest BCUT2D eigenvalue weighted by molar-refractivity contribution is 0.122. The number of benzene rings is 2. The second-order valence-corrected chi connectivity index (χ2v) is 8.82. The summed E-state index contributed by atoms with van der Waals surface area (Å²) in [6, 6.07) is 20.4. The third-order valence-corrected chi connectivity index (χ3v) is 6.60. The summed E-state index contributed by atoms with van der Waals surface area (Å²) >= 11 is 0. The topological polar surface area (TPSA) is 52.1 Å². The van der Waals surface area contributed by atoms with E-state index in [4.69, 9.17) is 4.74 Å². The van der Waals surface area contributed by atoms with Gasteiger partial charge in [-0.3, -0.25) is 9.89 Å². The Hall–Kier alpha value is -2.57. The third kappa shape index (κ3) is 6.02. The van der Waals surface area contributed by atoms with Crippen molar-refractivity contribution in [2.45, 2.75) is 44.9 Å². The van der Waals surface area contributed by atoms with Crippen LogP contribution in [0.15, 0.2) is 59.6 Å². The predicted molar refractivity (Wildman–Crippen MR) is 132 cm³/mol. The van der Waals surface area contributed by atoms with E-state index in [1.807, 2.05) is 7.05 Å². The van der Waals surface area contributed by atoms with Crippen molar-refractivity contribution in [1.29, 1.82) is 0 Å². The van der Waals surface area contributed by atoms with Crippen LogP contribution in [0.1, 0.15) is 30.9 Å². The van der Waals surface area contributed by atoms with E-state index in [9.17, 15) is 0 Å². The van der Waals surface area contributed by atoms with Crippen LogP contribution in [0.3, 0.4) is 0 Å². The molecular weight excluding hydrogens is 398 g/mol. The maximum atomic E-state index is 5.52. The van der Waals surface area contributed by atoms with Crippen LogP contribution in [-0.4, -0.2) is 62.8 Å². The summed E-state index contributed by atoms with van der Waals surface area (Å²) in [5, 5.41) is 7.21. The molecular formula is C26H37N5O. The second kappa shape index (κ2) is 11.3. The number of guanidine groups is 1. The van der Waals surface area contributed by atoms with Crippen molar-refractivity contribution in [2.24, 2.45) is 4.99 Å². The van der Waals surface area contributed by atoms with Crippen molar-refractivity contribution >= 4 is 11.6 Å². The van der Waals surface area contributed by atoms with Crippen LogP contribution in [0.25, 0.3) is 0 Å². The zero-order valence-corrected chi connectivity index (χ0v) is 19.5. The minimum absolute atomic E-state index is 0.442. The number of hydrogen-bond donors (Lipinski definition) is 2. The average Bonchev–Trinajstić information content (AvgIpc) is 2.85. The Morgan fingerprint density at radius 2 is 1.78 bits per heavy atom. The molecule has 2 aromatic carbocycles. The summed E-state index contributed by atoms with van der Waals surface area (Å²) in [5.41, 5.74) is 3.98. The highest BCUT2D eigenvalue weighted by Crippen LogP contribution is 2.22. The Bertz CT molecular complexity index is 866. The molecule has 2 aromatic rings. The van der Waals surface area contributed by atoms with Gasteiger partial charge in [0.1, 0.15) is 0 Å². The fourth-order valence-electron chi connectivity index (χ4n) is 4.74. The van der Waals surface area contributed by atoms with Gasteiger partial charge in [-0.2, -0.15) is 0 Å². The second-order valence-electron chi connectivity index (χ2n) is 8.82. The van der Waals surface area contributed by atoms with Crippen LogP contribution in [-0.2, 0) is 17.8 Å². The highest BCUT2D eigenvalue weighted by atomic mass is 16.5. The molecule has 0 bridgehead atoms. The molecule has 4 rings (SSSR count). The molecule has 0 aliphatic carbocycles. The number of hydrogen-bond acceptors (Lipinski definition) is 4. The van der Waals surface area contributed by atoms with Gasteiger partial charge in [-0.1, -0.05) is 48.5 Å². The van der Waals surface area contributed by atoms with Crippen molar-refractivity contribution in [2.75, 3.05) is 44.8 Å². The van der Waals surface area contributed by atoms with Crippen molar-refractivity contribution < 1.29 is 4.74 Å². The van der Waals surface area contributed by atoms with E-state index in [0.717, 1.165) is 64.7 Å². The van der Waals surface area contributed by atoms with Crippen molar-refractivity contribution in [1.82, 2.24) is 15.5 Å². The van der Waals surface area contributed by atoms with Gasteiger partial charge in [-0.15, -0.1) is 0 Å². The normalized spacial score (nSPS) is 22.6. The van der Waals surface area contributed by atoms with Crippen molar-refractivity contribution in [3.05, 3.63) is 65.7 Å². The van der Waals surface area contributed by atoms with Crippen LogP contribution < -0.4 is 15.5 Å². The smallest absolute Gasteiger partial charge is 0.191 e. The summed E-state index contributed by atoms with van der Waals surface area (Å²) in [5.74, 6) is 0.885. The lowest BCUT2D eigenvalue weighted by Gasteiger charge is -2.38. The Kier molecular flexibility index (Phi) is 8.02. The first-order valence-corrected chi connectivity index (χ1v) is 11.9. The molecule has 2 fully saturated rings. The lowest BCUT2D eigenvalue weighted by atomic mass is 9.97. The van der Waals surface area contributed by atoms with Gasteiger partial charge in [0.2, 0.25) is 0 Å². The molecule has 2 N–H and O–H groups in total. The SMILES string of the molecule is CN=C(NCc1ccccc1N1CCOCC1)NC1CCN(Cc2ccccc2)C(C)C1. The van der Waals surface area contributed by atoms with Crippen LogP contribution in [0.5, 0.6) is 0 Å². The van der Waals surface area contributed by atoms with Gasteiger partial charge in [0.25, 0.3) is 0 Å². The first-order chi connectivity index (χ1) is 15.7. The first-order valence-electron chi connectivity index (χ1n) is 11.9. The number of nitrogens with zero attached hydrogens (tertiary/aromatic N) is 3. The first kappa shape index (κ1) is 22.6. The zero-order chi connectivity index (χ0) is 22.2. The largest absolute Gasteiger partial charge is 0.378 e. The molecule has 0 saturated carbocycles. The number of likely N-dealkylation sites (tertiary alicyclic amines) is 1. The van der Waals surface area contributed by atoms with Gasteiger partial charge in [-0.05, 0) is 37.0 Å². The molecule has 2 aliphatic rings. The molecule has 2 heterocycles. The van der Waals surface area contributed by atoms with Gasteiger partial charge in [0.05, 0.1) is 13.2 Å². The van der Waals surface area contributed by atoms with Gasteiger partial charge in [-0.25, -0.2) is 0 Å². The van der Waals surface area contributed by atoms with E-state index in [0.29, 0.717) is 12.1 Å². The number of para-hydroxylation sites is 1. The van der Waals surface area contributed by atoms with Crippen LogP contribution >= 0.6 is 0 Å². The number of aliphatic imine (C=N–C) groups is 1. The summed E-state index contributed by atoms with van der Waals surface area (Å²) in [6.07, 6.45) is 2.25. The van der Waals surface area contributed by atoms with Crippen LogP contribution in [0.4, 0.5) is 5.69 Å². The summed E-state index contributed by atoms with van der Waals surface area (Å²) in [7, 11) is 1.86. The third-order valence-electron chi connectivity index (χ3n) is 6.60. The summed E-state index contributed by atoms with van der Waals surface area (Å²) < 4.78 is 5.52. The Labute approximate surface area is 192 Å². The zero-order valence-electron chi connectivity index (χ0n) is 19.5. The number of rotatable bonds is 6.